The van der Waals surface area contributed by atoms with Crippen molar-refractivity contribution in [3.63, 3.8) is 0 Å². The monoisotopic (exact) mass is 253 g/mol. The number of rotatable bonds is 3. The van der Waals surface area contributed by atoms with Crippen molar-refractivity contribution in [1.82, 2.24) is 9.97 Å². The van der Waals surface area contributed by atoms with Gasteiger partial charge < -0.3 is 15.5 Å². The van der Waals surface area contributed by atoms with Crippen molar-refractivity contribution in [3.05, 3.63) is 48.3 Å². The summed E-state index contributed by atoms with van der Waals surface area (Å²) in [6.45, 7) is 0.515. The van der Waals surface area contributed by atoms with Crippen molar-refractivity contribution in [3.8, 4) is 17.0 Å². The minimum Gasteiger partial charge on any atom is -0.497 e. The molecule has 3 aromatic rings. The molecule has 1 aromatic carbocycles. The first-order valence-electron chi connectivity index (χ1n) is 6.12. The number of nitrogens with two attached hydrogens (primary N) is 1. The molecule has 3 rings (SSSR count). The van der Waals surface area contributed by atoms with Crippen LogP contribution in [0.3, 0.4) is 0 Å². The van der Waals surface area contributed by atoms with Crippen LogP contribution in [0.25, 0.3) is 22.2 Å². The van der Waals surface area contributed by atoms with Gasteiger partial charge in [0.15, 0.2) is 0 Å². The fourth-order valence-electron chi connectivity index (χ4n) is 2.19. The zero-order valence-electron chi connectivity index (χ0n) is 10.7. The molecule has 2 aromatic heterocycles. The van der Waals surface area contributed by atoms with E-state index in [2.05, 4.69) is 9.97 Å². The third-order valence-electron chi connectivity index (χ3n) is 3.22. The number of methoxy groups -OCH3 is 1. The van der Waals surface area contributed by atoms with Gasteiger partial charge in [-0.2, -0.15) is 0 Å². The molecule has 0 aliphatic carbocycles. The molecule has 0 unspecified atom stereocenters. The van der Waals surface area contributed by atoms with Gasteiger partial charge in [-0.25, -0.2) is 0 Å². The Balaban J connectivity index is 2.18. The summed E-state index contributed by atoms with van der Waals surface area (Å²) < 4.78 is 5.27. The number of benzene rings is 1. The van der Waals surface area contributed by atoms with E-state index in [0.29, 0.717) is 6.54 Å². The maximum atomic E-state index is 5.67. The first kappa shape index (κ1) is 11.7. The van der Waals surface area contributed by atoms with E-state index in [-0.39, 0.29) is 0 Å². The molecular formula is C15H15N3O. The average Bonchev–Trinajstić information content (AvgIpc) is 2.90. The Labute approximate surface area is 111 Å². The van der Waals surface area contributed by atoms with E-state index in [1.165, 1.54) is 0 Å². The van der Waals surface area contributed by atoms with Gasteiger partial charge in [-0.05, 0) is 35.9 Å². The predicted octanol–water partition coefficient (Wildman–Crippen LogP) is 2.70. The lowest BCUT2D eigenvalue weighted by atomic mass is 10.1. The molecule has 0 aliphatic heterocycles. The van der Waals surface area contributed by atoms with Crippen LogP contribution in [0.2, 0.25) is 0 Å². The van der Waals surface area contributed by atoms with E-state index < -0.39 is 0 Å². The normalized spacial score (nSPS) is 10.8. The van der Waals surface area contributed by atoms with Crippen molar-refractivity contribution in [2.45, 2.75) is 6.54 Å². The van der Waals surface area contributed by atoms with Crippen LogP contribution in [-0.4, -0.2) is 17.1 Å². The van der Waals surface area contributed by atoms with Crippen molar-refractivity contribution in [1.29, 1.82) is 0 Å². The highest BCUT2D eigenvalue weighted by atomic mass is 16.5. The van der Waals surface area contributed by atoms with Crippen LogP contribution < -0.4 is 10.5 Å². The molecule has 3 N–H and O–H groups in total. The van der Waals surface area contributed by atoms with Crippen molar-refractivity contribution < 1.29 is 4.74 Å². The molecule has 0 fully saturated rings. The number of hydrogen-bond acceptors (Lipinski definition) is 3. The van der Waals surface area contributed by atoms with Crippen LogP contribution in [0, 0.1) is 0 Å². The largest absolute Gasteiger partial charge is 0.497 e. The first-order chi connectivity index (χ1) is 9.31. The van der Waals surface area contributed by atoms with E-state index in [1.807, 2.05) is 36.5 Å². The van der Waals surface area contributed by atoms with Gasteiger partial charge in [-0.15, -0.1) is 0 Å². The summed E-state index contributed by atoms with van der Waals surface area (Å²) in [5.41, 5.74) is 9.79. The maximum absolute atomic E-state index is 5.67. The van der Waals surface area contributed by atoms with E-state index in [0.717, 1.165) is 33.5 Å². The highest BCUT2D eigenvalue weighted by Crippen LogP contribution is 2.30. The summed E-state index contributed by atoms with van der Waals surface area (Å²) in [6.07, 6.45) is 3.75. The molecule has 0 bridgehead atoms. The summed E-state index contributed by atoms with van der Waals surface area (Å²) in [7, 11) is 1.67. The molecule has 0 saturated heterocycles. The van der Waals surface area contributed by atoms with Crippen LogP contribution in [0.15, 0.2) is 42.7 Å². The Morgan fingerprint density at radius 1 is 1.26 bits per heavy atom. The average molecular weight is 253 g/mol. The third kappa shape index (κ3) is 2.06. The molecule has 0 amide bonds. The van der Waals surface area contributed by atoms with Crippen molar-refractivity contribution in [2.24, 2.45) is 5.73 Å². The Morgan fingerprint density at radius 2 is 2.16 bits per heavy atom. The van der Waals surface area contributed by atoms with Gasteiger partial charge >= 0.3 is 0 Å². The molecule has 4 heteroatoms. The quantitative estimate of drug-likeness (QED) is 0.754. The van der Waals surface area contributed by atoms with Crippen LogP contribution in [0.1, 0.15) is 5.56 Å². The Bertz CT molecular complexity index is 718. The zero-order valence-corrected chi connectivity index (χ0v) is 10.7. The molecule has 0 spiro atoms. The van der Waals surface area contributed by atoms with Gasteiger partial charge in [0.1, 0.15) is 5.75 Å². The maximum Gasteiger partial charge on any atom is 0.119 e. The minimum absolute atomic E-state index is 0.515. The Kier molecular flexibility index (Phi) is 2.93. The van der Waals surface area contributed by atoms with Crippen molar-refractivity contribution in [2.75, 3.05) is 7.11 Å². The van der Waals surface area contributed by atoms with Gasteiger partial charge in [-0.3, -0.25) is 4.98 Å². The van der Waals surface area contributed by atoms with Gasteiger partial charge in [0, 0.05) is 35.4 Å². The summed E-state index contributed by atoms with van der Waals surface area (Å²) in [4.78, 5) is 7.67. The smallest absolute Gasteiger partial charge is 0.119 e. The van der Waals surface area contributed by atoms with Gasteiger partial charge in [-0.1, -0.05) is 0 Å². The van der Waals surface area contributed by atoms with Gasteiger partial charge in [0.2, 0.25) is 0 Å². The molecule has 4 nitrogen and oxygen atoms in total. The minimum atomic E-state index is 0.515. The van der Waals surface area contributed by atoms with E-state index in [4.69, 9.17) is 10.5 Å². The molecule has 19 heavy (non-hydrogen) atoms. The molecule has 0 saturated carbocycles. The molecular weight excluding hydrogens is 238 g/mol. The number of aromatic amines is 1. The van der Waals surface area contributed by atoms with Crippen molar-refractivity contribution >= 4 is 10.9 Å². The topological polar surface area (TPSA) is 63.9 Å². The molecule has 0 atom stereocenters. The third-order valence-corrected chi connectivity index (χ3v) is 3.22. The number of nitrogens with one attached hydrogen (secondary N) is 1. The summed E-state index contributed by atoms with van der Waals surface area (Å²) in [6, 6.07) is 9.90. The number of hydrogen-bond donors (Lipinski definition) is 2. The Morgan fingerprint density at radius 3 is 2.95 bits per heavy atom. The summed E-state index contributed by atoms with van der Waals surface area (Å²) >= 11 is 0. The second-order valence-electron chi connectivity index (χ2n) is 4.37. The molecule has 2 heterocycles. The lowest BCUT2D eigenvalue weighted by molar-refractivity contribution is 0.415. The highest BCUT2D eigenvalue weighted by Gasteiger charge is 2.08. The van der Waals surface area contributed by atoms with Crippen LogP contribution in [0.5, 0.6) is 5.75 Å². The SMILES string of the molecule is COc1ccc2[nH]cc(-c3cc(CN)ccn3)c2c1. The fourth-order valence-corrected chi connectivity index (χ4v) is 2.19. The predicted molar refractivity (Wildman–Crippen MR) is 76.0 cm³/mol. The lowest BCUT2D eigenvalue weighted by Gasteiger charge is -2.03. The van der Waals surface area contributed by atoms with Crippen LogP contribution >= 0.6 is 0 Å². The number of ether oxygens (including phenoxy) is 1. The van der Waals surface area contributed by atoms with Crippen LogP contribution in [-0.2, 0) is 6.54 Å². The van der Waals surface area contributed by atoms with E-state index in [1.54, 1.807) is 13.3 Å². The lowest BCUT2D eigenvalue weighted by Crippen LogP contribution is -1.96. The van der Waals surface area contributed by atoms with E-state index in [9.17, 15) is 0 Å². The summed E-state index contributed by atoms with van der Waals surface area (Å²) in [5, 5.41) is 1.10. The molecule has 0 radical (unpaired) electrons. The summed E-state index contributed by atoms with van der Waals surface area (Å²) in [5.74, 6) is 0.836. The standard InChI is InChI=1S/C15H15N3O/c1-19-11-2-3-14-12(7-11)13(9-18-14)15-6-10(8-16)4-5-17-15/h2-7,9,18H,8,16H2,1H3. The van der Waals surface area contributed by atoms with Gasteiger partial charge in [0.25, 0.3) is 0 Å². The Hall–Kier alpha value is -2.33. The van der Waals surface area contributed by atoms with E-state index >= 15 is 0 Å². The number of aromatic nitrogens is 2. The first-order valence-corrected chi connectivity index (χ1v) is 6.12. The van der Waals surface area contributed by atoms with Crippen LogP contribution in [0.4, 0.5) is 0 Å². The fraction of sp³-hybridized carbons (Fsp3) is 0.133. The highest BCUT2D eigenvalue weighted by molar-refractivity contribution is 5.95. The second kappa shape index (κ2) is 4.74. The number of fused-ring (bicyclic) bond motifs is 1. The number of pyridine rings is 1. The second-order valence-corrected chi connectivity index (χ2v) is 4.37. The number of H-pyrrole nitrogens is 1. The zero-order chi connectivity index (χ0) is 13.2. The van der Waals surface area contributed by atoms with Gasteiger partial charge in [0.05, 0.1) is 12.8 Å². The molecule has 96 valence electrons. The number of nitrogens with zero attached hydrogens (tertiary/aromatic N) is 1. The molecule has 0 aliphatic rings.